The van der Waals surface area contributed by atoms with Crippen molar-refractivity contribution in [3.05, 3.63) is 30.6 Å². The topological polar surface area (TPSA) is 171 Å². The van der Waals surface area contributed by atoms with Crippen molar-refractivity contribution in [1.29, 1.82) is 0 Å². The van der Waals surface area contributed by atoms with Crippen LogP contribution in [0.25, 0.3) is 0 Å². The predicted molar refractivity (Wildman–Crippen MR) is 89.9 cm³/mol. The van der Waals surface area contributed by atoms with Crippen LogP contribution in [0.1, 0.15) is 13.2 Å². The molecule has 1 aromatic heterocycles. The first-order chi connectivity index (χ1) is 11.5. The van der Waals surface area contributed by atoms with Gasteiger partial charge in [-0.25, -0.2) is 4.79 Å². The summed E-state index contributed by atoms with van der Waals surface area (Å²) < 4.78 is 23.0. The molecule has 7 atom stereocenters. The van der Waals surface area contributed by atoms with Crippen molar-refractivity contribution in [2.45, 2.75) is 36.8 Å². The van der Waals surface area contributed by atoms with Crippen molar-refractivity contribution in [1.82, 2.24) is 9.55 Å². The fraction of sp³-hybridized carbons (Fsp3) is 0.667. The van der Waals surface area contributed by atoms with Crippen LogP contribution in [0.2, 0.25) is 0 Å². The Hall–Kier alpha value is -0.600. The summed E-state index contributed by atoms with van der Waals surface area (Å²) in [7, 11) is -4.25. The third-order valence-electron chi connectivity index (χ3n) is 4.45. The molecular formula is C12H16IN2O9P. The van der Waals surface area contributed by atoms with Gasteiger partial charge in [-0.1, -0.05) is 0 Å². The third kappa shape index (κ3) is 3.04. The second-order valence-electron chi connectivity index (χ2n) is 6.02. The van der Waals surface area contributed by atoms with E-state index in [1.807, 2.05) is 0 Å². The van der Waals surface area contributed by atoms with Gasteiger partial charge in [0.25, 0.3) is 5.56 Å². The lowest BCUT2D eigenvalue weighted by molar-refractivity contribution is -0.0857. The number of rotatable bonds is 5. The van der Waals surface area contributed by atoms with E-state index in [1.165, 1.54) is 6.20 Å². The van der Waals surface area contributed by atoms with Gasteiger partial charge < -0.3 is 29.5 Å². The molecule has 0 amide bonds. The van der Waals surface area contributed by atoms with Crippen LogP contribution in [0.4, 0.5) is 0 Å². The van der Waals surface area contributed by atoms with E-state index >= 15 is 0 Å². The zero-order valence-corrected chi connectivity index (χ0v) is 15.8. The largest absolute Gasteiger partial charge is 0.385 e. The summed E-state index contributed by atoms with van der Waals surface area (Å²) in [6.45, 7) is 0.677. The Morgan fingerprint density at radius 2 is 2.20 bits per heavy atom. The van der Waals surface area contributed by atoms with Crippen molar-refractivity contribution in [2.75, 3.05) is 6.61 Å². The van der Waals surface area contributed by atoms with E-state index in [1.54, 1.807) is 22.6 Å². The number of nitrogens with zero attached hydrogens (tertiary/aromatic N) is 1. The zero-order valence-electron chi connectivity index (χ0n) is 12.8. The van der Waals surface area contributed by atoms with E-state index < -0.39 is 61.3 Å². The quantitative estimate of drug-likeness (QED) is 0.239. The number of hydrogen-bond donors (Lipinski definition) is 5. The van der Waals surface area contributed by atoms with Crippen molar-refractivity contribution >= 4 is 30.2 Å². The van der Waals surface area contributed by atoms with Crippen LogP contribution < -0.4 is 11.2 Å². The van der Waals surface area contributed by atoms with E-state index in [-0.39, 0.29) is 3.57 Å². The molecule has 0 radical (unpaired) electrons. The van der Waals surface area contributed by atoms with Gasteiger partial charge in [0.15, 0.2) is 12.1 Å². The van der Waals surface area contributed by atoms with Crippen molar-refractivity contribution in [3.8, 4) is 0 Å². The number of ether oxygens (including phenoxy) is 1. The SMILES string of the molecule is CC(O)P(=O)(O)OCC1[C@H]2OC(n3cc(I)c(=O)[nH]c3=O)[C@H](O)[C@@]12O. The summed E-state index contributed by atoms with van der Waals surface area (Å²) in [5.41, 5.74) is -3.15. The molecule has 1 saturated heterocycles. The van der Waals surface area contributed by atoms with Crippen LogP contribution in [0, 0.1) is 9.49 Å². The Labute approximate surface area is 153 Å². The molecule has 1 aliphatic carbocycles. The first-order valence-electron chi connectivity index (χ1n) is 7.22. The number of H-pyrrole nitrogens is 1. The standard InChI is InChI=1S/C12H16IN2O9P/c1-4(16)25(21,22)23-3-5-8-12(5,20)7(17)10(24-8)15-2-6(13)9(18)14-11(15)19/h2,4-5,7-8,10,16-17,20H,3H2,1H3,(H,21,22)(H,14,18,19)/t4?,5?,7-,8+,10?,12-/m0/s1. The highest BCUT2D eigenvalue weighted by Gasteiger charge is 2.76. The van der Waals surface area contributed by atoms with E-state index in [0.717, 1.165) is 11.5 Å². The molecule has 0 bridgehead atoms. The van der Waals surface area contributed by atoms with Crippen LogP contribution in [-0.4, -0.2) is 60.0 Å². The number of hydrogen-bond acceptors (Lipinski definition) is 8. The van der Waals surface area contributed by atoms with Crippen molar-refractivity contribution < 1.29 is 34.0 Å². The number of aromatic nitrogens is 2. The molecule has 0 spiro atoms. The highest BCUT2D eigenvalue weighted by Crippen LogP contribution is 2.59. The average molecular weight is 490 g/mol. The average Bonchev–Trinajstić information content (AvgIpc) is 3.00. The molecule has 2 aliphatic rings. The molecule has 140 valence electrons. The maximum absolute atomic E-state index is 11.9. The van der Waals surface area contributed by atoms with Gasteiger partial charge in [0, 0.05) is 12.1 Å². The monoisotopic (exact) mass is 490 g/mol. The fourth-order valence-electron chi connectivity index (χ4n) is 2.86. The predicted octanol–water partition coefficient (Wildman–Crippen LogP) is -1.70. The van der Waals surface area contributed by atoms with Crippen LogP contribution >= 0.6 is 30.2 Å². The summed E-state index contributed by atoms with van der Waals surface area (Å²) in [4.78, 5) is 34.8. The molecule has 2 heterocycles. The number of fused-ring (bicyclic) bond motifs is 1. The number of halogens is 1. The number of nitrogens with one attached hydrogen (secondary N) is 1. The molecule has 5 N–H and O–H groups in total. The normalized spacial score (nSPS) is 37.4. The molecule has 2 fully saturated rings. The zero-order chi connectivity index (χ0) is 18.7. The van der Waals surface area contributed by atoms with Crippen LogP contribution in [0.5, 0.6) is 0 Å². The van der Waals surface area contributed by atoms with E-state index in [0.29, 0.717) is 0 Å². The lowest BCUT2D eigenvalue weighted by Gasteiger charge is -2.24. The van der Waals surface area contributed by atoms with Crippen LogP contribution in [0.3, 0.4) is 0 Å². The maximum atomic E-state index is 11.9. The summed E-state index contributed by atoms with van der Waals surface area (Å²) in [6.07, 6.45) is -2.46. The first kappa shape index (κ1) is 19.2. The summed E-state index contributed by atoms with van der Waals surface area (Å²) in [6, 6.07) is 0. The molecule has 4 unspecified atom stereocenters. The second kappa shape index (κ2) is 6.23. The van der Waals surface area contributed by atoms with Gasteiger partial charge in [-0.3, -0.25) is 18.9 Å². The third-order valence-corrected chi connectivity index (χ3v) is 6.68. The Kier molecular flexibility index (Phi) is 4.78. The Bertz CT molecular complexity index is 854. The van der Waals surface area contributed by atoms with Gasteiger partial charge in [-0.05, 0) is 29.5 Å². The molecule has 13 heteroatoms. The smallest absolute Gasteiger partial charge is 0.356 e. The number of aromatic amines is 1. The highest BCUT2D eigenvalue weighted by atomic mass is 127. The van der Waals surface area contributed by atoms with Crippen molar-refractivity contribution in [2.24, 2.45) is 5.92 Å². The summed E-state index contributed by atoms with van der Waals surface area (Å²) in [5.74, 6) is -2.39. The Morgan fingerprint density at radius 3 is 2.72 bits per heavy atom. The lowest BCUT2D eigenvalue weighted by Crippen LogP contribution is -2.42. The summed E-state index contributed by atoms with van der Waals surface area (Å²) >= 11 is 1.71. The number of aliphatic hydroxyl groups is 3. The maximum Gasteiger partial charge on any atom is 0.356 e. The minimum atomic E-state index is -4.25. The second-order valence-corrected chi connectivity index (χ2v) is 9.32. The summed E-state index contributed by atoms with van der Waals surface area (Å²) in [5, 5.41) is 30.0. The number of aliphatic hydroxyl groups excluding tert-OH is 2. The minimum absolute atomic E-state index is 0.193. The molecule has 11 nitrogen and oxygen atoms in total. The fourth-order valence-corrected chi connectivity index (χ4v) is 3.88. The minimum Gasteiger partial charge on any atom is -0.385 e. The Morgan fingerprint density at radius 1 is 1.56 bits per heavy atom. The van der Waals surface area contributed by atoms with E-state index in [4.69, 9.17) is 14.4 Å². The van der Waals surface area contributed by atoms with Gasteiger partial charge in [-0.15, -0.1) is 0 Å². The van der Waals surface area contributed by atoms with E-state index in [9.17, 15) is 29.3 Å². The molecule has 1 saturated carbocycles. The molecule has 1 aromatic rings. The van der Waals surface area contributed by atoms with Crippen LogP contribution in [-0.2, 0) is 13.8 Å². The first-order valence-corrected chi connectivity index (χ1v) is 9.94. The van der Waals surface area contributed by atoms with Crippen LogP contribution in [0.15, 0.2) is 15.8 Å². The molecule has 25 heavy (non-hydrogen) atoms. The van der Waals surface area contributed by atoms with Gasteiger partial charge in [0.2, 0.25) is 0 Å². The van der Waals surface area contributed by atoms with E-state index in [2.05, 4.69) is 4.98 Å². The highest BCUT2D eigenvalue weighted by molar-refractivity contribution is 14.1. The lowest BCUT2D eigenvalue weighted by atomic mass is 10.1. The van der Waals surface area contributed by atoms with Gasteiger partial charge in [-0.2, -0.15) is 0 Å². The molecular weight excluding hydrogens is 474 g/mol. The van der Waals surface area contributed by atoms with Crippen molar-refractivity contribution in [3.63, 3.8) is 0 Å². The molecule has 0 aromatic carbocycles. The van der Waals surface area contributed by atoms with Gasteiger partial charge in [0.1, 0.15) is 17.8 Å². The molecule has 1 aliphatic heterocycles. The van der Waals surface area contributed by atoms with Gasteiger partial charge >= 0.3 is 13.3 Å². The van der Waals surface area contributed by atoms with Gasteiger partial charge in [0.05, 0.1) is 10.2 Å². The Balaban J connectivity index is 1.75. The molecule has 3 rings (SSSR count).